The lowest BCUT2D eigenvalue weighted by Gasteiger charge is -2.44. The molecule has 1 amide bonds. The van der Waals surface area contributed by atoms with Gasteiger partial charge in [0.05, 0.1) is 7.11 Å². The highest BCUT2D eigenvalue weighted by Crippen LogP contribution is 2.33. The van der Waals surface area contributed by atoms with Crippen molar-refractivity contribution in [2.24, 2.45) is 0 Å². The molecule has 34 heavy (non-hydrogen) atoms. The molecule has 1 aliphatic heterocycles. The molecule has 0 aliphatic carbocycles. The summed E-state index contributed by atoms with van der Waals surface area (Å²) in [6, 6.07) is 3.22. The van der Waals surface area contributed by atoms with E-state index in [4.69, 9.17) is 28.4 Å². The molecule has 1 aromatic carbocycles. The van der Waals surface area contributed by atoms with Gasteiger partial charge in [-0.2, -0.15) is 0 Å². The van der Waals surface area contributed by atoms with Crippen LogP contribution in [0.4, 0.5) is 0 Å². The van der Waals surface area contributed by atoms with E-state index < -0.39 is 54.5 Å². The fraction of sp³-hybridized carbons (Fsp3) is 0.500. The number of carbonyl (C=O) groups excluding carboxylic acids is 5. The Balaban J connectivity index is 2.51. The number of benzene rings is 1. The van der Waals surface area contributed by atoms with Gasteiger partial charge < -0.3 is 33.7 Å². The van der Waals surface area contributed by atoms with Crippen molar-refractivity contribution in [3.05, 3.63) is 23.8 Å². The Kier molecular flexibility index (Phi) is 9.36. The second-order valence-corrected chi connectivity index (χ2v) is 7.37. The van der Waals surface area contributed by atoms with Gasteiger partial charge in [-0.25, -0.2) is 0 Å². The van der Waals surface area contributed by atoms with Gasteiger partial charge in [0, 0.05) is 33.3 Å². The molecule has 0 spiro atoms. The lowest BCUT2D eigenvalue weighted by molar-refractivity contribution is -0.257. The molecule has 1 aromatic rings. The zero-order valence-corrected chi connectivity index (χ0v) is 19.4. The second kappa shape index (κ2) is 12.0. The Labute approximate surface area is 195 Å². The third-order valence-electron chi connectivity index (χ3n) is 4.64. The maximum Gasteiger partial charge on any atom is 0.303 e. The molecule has 0 saturated carbocycles. The fourth-order valence-corrected chi connectivity index (χ4v) is 3.37. The number of hydrogen-bond donors (Lipinski definition) is 1. The monoisotopic (exact) mass is 481 g/mol. The van der Waals surface area contributed by atoms with Crippen LogP contribution in [0.1, 0.15) is 38.1 Å². The number of amides is 1. The van der Waals surface area contributed by atoms with Crippen LogP contribution in [0.15, 0.2) is 18.2 Å². The van der Waals surface area contributed by atoms with E-state index in [2.05, 4.69) is 5.32 Å². The smallest absolute Gasteiger partial charge is 0.303 e. The van der Waals surface area contributed by atoms with Gasteiger partial charge in [0.1, 0.15) is 25.0 Å². The standard InChI is InChI=1S/C22H27NO11/c1-11(25)23-19-21(32-14(4)28)20(31-13(3)27)18(10-30-12(2)26)34-22(19)33-16-7-6-15(9-24)8-17(16)29-5/h6-9,18-22H,10H2,1-5H3,(H,23,25)/t18?,19-,20-,21-,22-/m0/s1. The van der Waals surface area contributed by atoms with Crippen molar-refractivity contribution >= 4 is 30.1 Å². The lowest BCUT2D eigenvalue weighted by atomic mass is 9.96. The third-order valence-corrected chi connectivity index (χ3v) is 4.64. The summed E-state index contributed by atoms with van der Waals surface area (Å²) >= 11 is 0. The van der Waals surface area contributed by atoms with Gasteiger partial charge in [0.15, 0.2) is 23.7 Å². The summed E-state index contributed by atoms with van der Waals surface area (Å²) in [5, 5.41) is 2.59. The molecule has 1 aliphatic rings. The molecule has 0 bridgehead atoms. The Morgan fingerprint density at radius 3 is 2.15 bits per heavy atom. The minimum atomic E-state index is -1.31. The number of methoxy groups -OCH3 is 1. The molecule has 1 heterocycles. The number of ether oxygens (including phenoxy) is 6. The van der Waals surface area contributed by atoms with Gasteiger partial charge in [-0.1, -0.05) is 0 Å². The first kappa shape index (κ1) is 26.6. The quantitative estimate of drug-likeness (QED) is 0.299. The lowest BCUT2D eigenvalue weighted by Crippen LogP contribution is -2.67. The van der Waals surface area contributed by atoms with Crippen molar-refractivity contribution < 1.29 is 52.4 Å². The van der Waals surface area contributed by atoms with E-state index in [-0.39, 0.29) is 18.1 Å². The van der Waals surface area contributed by atoms with Gasteiger partial charge in [-0.05, 0) is 18.2 Å². The molecule has 0 aromatic heterocycles. The second-order valence-electron chi connectivity index (χ2n) is 7.37. The molecular weight excluding hydrogens is 454 g/mol. The van der Waals surface area contributed by atoms with Gasteiger partial charge in [0.25, 0.3) is 0 Å². The predicted molar refractivity (Wildman–Crippen MR) is 113 cm³/mol. The summed E-state index contributed by atoms with van der Waals surface area (Å²) in [6.07, 6.45) is -4.30. The first-order chi connectivity index (χ1) is 16.0. The number of esters is 3. The van der Waals surface area contributed by atoms with Crippen LogP contribution in [-0.2, 0) is 38.1 Å². The highest BCUT2D eigenvalue weighted by Gasteiger charge is 2.52. The number of carbonyl (C=O) groups is 5. The molecule has 12 heteroatoms. The van der Waals surface area contributed by atoms with Crippen molar-refractivity contribution in [1.29, 1.82) is 0 Å². The highest BCUT2D eigenvalue weighted by molar-refractivity contribution is 5.76. The average molecular weight is 481 g/mol. The minimum Gasteiger partial charge on any atom is -0.493 e. The molecule has 0 radical (unpaired) electrons. The first-order valence-corrected chi connectivity index (χ1v) is 10.3. The highest BCUT2D eigenvalue weighted by atomic mass is 16.7. The summed E-state index contributed by atoms with van der Waals surface area (Å²) in [6.45, 7) is 4.33. The van der Waals surface area contributed by atoms with Gasteiger partial charge >= 0.3 is 17.9 Å². The molecule has 1 saturated heterocycles. The van der Waals surface area contributed by atoms with Crippen LogP contribution in [0, 0.1) is 0 Å². The van der Waals surface area contributed by atoms with Gasteiger partial charge in [0.2, 0.25) is 12.2 Å². The van der Waals surface area contributed by atoms with Crippen LogP contribution < -0.4 is 14.8 Å². The van der Waals surface area contributed by atoms with Crippen molar-refractivity contribution in [3.8, 4) is 11.5 Å². The number of rotatable bonds is 9. The summed E-state index contributed by atoms with van der Waals surface area (Å²) in [4.78, 5) is 58.1. The van der Waals surface area contributed by atoms with Gasteiger partial charge in [-0.3, -0.25) is 24.0 Å². The summed E-state index contributed by atoms with van der Waals surface area (Å²) in [5.41, 5.74) is 0.326. The molecule has 1 unspecified atom stereocenters. The Bertz CT molecular complexity index is 931. The van der Waals surface area contributed by atoms with Crippen molar-refractivity contribution in [1.82, 2.24) is 5.32 Å². The number of aldehydes is 1. The van der Waals surface area contributed by atoms with Crippen LogP contribution in [0.25, 0.3) is 0 Å². The van der Waals surface area contributed by atoms with E-state index in [1.165, 1.54) is 39.2 Å². The topological polar surface area (TPSA) is 153 Å². The predicted octanol–water partition coefficient (Wildman–Crippen LogP) is 0.543. The molecular formula is C22H27NO11. The largest absolute Gasteiger partial charge is 0.493 e. The maximum absolute atomic E-state index is 12.0. The molecule has 5 atom stereocenters. The van der Waals surface area contributed by atoms with E-state index in [1.807, 2.05) is 0 Å². The van der Waals surface area contributed by atoms with E-state index in [0.717, 1.165) is 13.8 Å². The molecule has 12 nitrogen and oxygen atoms in total. The first-order valence-electron chi connectivity index (χ1n) is 10.3. The number of nitrogens with one attached hydrogen (secondary N) is 1. The molecule has 1 N–H and O–H groups in total. The maximum atomic E-state index is 12.0. The zero-order chi connectivity index (χ0) is 25.4. The van der Waals surface area contributed by atoms with Crippen LogP contribution in [-0.4, -0.2) is 74.5 Å². The third kappa shape index (κ3) is 7.17. The van der Waals surface area contributed by atoms with Crippen LogP contribution in [0.5, 0.6) is 11.5 Å². The summed E-state index contributed by atoms with van der Waals surface area (Å²) < 4.78 is 32.9. The van der Waals surface area contributed by atoms with Crippen molar-refractivity contribution in [2.45, 2.75) is 58.3 Å². The zero-order valence-electron chi connectivity index (χ0n) is 19.4. The SMILES string of the molecule is COc1cc(C=O)ccc1O[C@H]1OC(COC(C)=O)[C@H](OC(C)=O)[C@@H](OC(C)=O)[C@@H]1NC(C)=O. The van der Waals surface area contributed by atoms with Gasteiger partial charge in [-0.15, -0.1) is 0 Å². The van der Waals surface area contributed by atoms with E-state index >= 15 is 0 Å². The molecule has 186 valence electrons. The number of hydrogen-bond acceptors (Lipinski definition) is 11. The minimum absolute atomic E-state index is 0.146. The van der Waals surface area contributed by atoms with Crippen LogP contribution in [0.3, 0.4) is 0 Å². The fourth-order valence-electron chi connectivity index (χ4n) is 3.37. The van der Waals surface area contributed by atoms with E-state index in [9.17, 15) is 24.0 Å². The Morgan fingerprint density at radius 2 is 1.62 bits per heavy atom. The van der Waals surface area contributed by atoms with Crippen molar-refractivity contribution in [3.63, 3.8) is 0 Å². The Hall–Kier alpha value is -3.67. The van der Waals surface area contributed by atoms with Crippen molar-refractivity contribution in [2.75, 3.05) is 13.7 Å². The summed E-state index contributed by atoms with van der Waals surface area (Å²) in [7, 11) is 1.37. The van der Waals surface area contributed by atoms with Crippen LogP contribution in [0.2, 0.25) is 0 Å². The van der Waals surface area contributed by atoms with E-state index in [1.54, 1.807) is 0 Å². The molecule has 1 fully saturated rings. The van der Waals surface area contributed by atoms with Crippen LogP contribution >= 0.6 is 0 Å². The molecule has 2 rings (SSSR count). The normalized spacial score (nSPS) is 23.7. The summed E-state index contributed by atoms with van der Waals surface area (Å²) in [5.74, 6) is -2.24. The Morgan fingerprint density at radius 1 is 0.971 bits per heavy atom. The average Bonchev–Trinajstić information content (AvgIpc) is 2.75. The van der Waals surface area contributed by atoms with E-state index in [0.29, 0.717) is 11.8 Å².